The first-order valence-corrected chi connectivity index (χ1v) is 11.7. The van der Waals surface area contributed by atoms with Gasteiger partial charge in [0.25, 0.3) is 0 Å². The normalized spacial score (nSPS) is 11.3. The molecule has 38 heavy (non-hydrogen) atoms. The van der Waals surface area contributed by atoms with Crippen molar-refractivity contribution in [2.75, 3.05) is 13.2 Å². The van der Waals surface area contributed by atoms with E-state index >= 15 is 0 Å². The van der Waals surface area contributed by atoms with E-state index in [1.807, 2.05) is 13.8 Å². The van der Waals surface area contributed by atoms with Crippen LogP contribution in [-0.2, 0) is 12.8 Å². The lowest BCUT2D eigenvalue weighted by molar-refractivity contribution is 0.0636. The summed E-state index contributed by atoms with van der Waals surface area (Å²) in [6.45, 7) is 3.04. The fourth-order valence-corrected chi connectivity index (χ4v) is 4.00. The molecule has 3 N–H and O–H groups in total. The molecular formula is C27H24O11. The number of hydrogen-bond donors (Lipinski definition) is 3. The summed E-state index contributed by atoms with van der Waals surface area (Å²) in [7, 11) is 0. The fourth-order valence-electron chi connectivity index (χ4n) is 4.00. The minimum Gasteiger partial charge on any atom is -0.490 e. The molecule has 0 amide bonds. The number of hydrogen-bond acceptors (Lipinski definition) is 9. The minimum absolute atomic E-state index is 0.0514. The van der Waals surface area contributed by atoms with E-state index < -0.39 is 40.4 Å². The number of benzene rings is 2. The second kappa shape index (κ2) is 10.8. The molecule has 2 aromatic carbocycles. The summed E-state index contributed by atoms with van der Waals surface area (Å²) in [4.78, 5) is 47.9. The van der Waals surface area contributed by atoms with Crippen molar-refractivity contribution in [3.63, 3.8) is 0 Å². The smallest absolute Gasteiger partial charge is 0.371 e. The highest BCUT2D eigenvalue weighted by atomic mass is 16.5. The summed E-state index contributed by atoms with van der Waals surface area (Å²) in [6.07, 6.45) is -0.245. The van der Waals surface area contributed by atoms with E-state index in [2.05, 4.69) is 0 Å². The van der Waals surface area contributed by atoms with Gasteiger partial charge in [0.15, 0.2) is 10.9 Å². The van der Waals surface area contributed by atoms with Gasteiger partial charge < -0.3 is 33.6 Å². The molecule has 11 nitrogen and oxygen atoms in total. The summed E-state index contributed by atoms with van der Waals surface area (Å²) < 4.78 is 22.2. The third-order valence-electron chi connectivity index (χ3n) is 5.89. The molecule has 4 rings (SSSR count). The van der Waals surface area contributed by atoms with E-state index in [-0.39, 0.29) is 46.7 Å². The number of aliphatic hydroxyl groups is 1. The van der Waals surface area contributed by atoms with Crippen LogP contribution >= 0.6 is 0 Å². The molecule has 2 aromatic heterocycles. The molecule has 4 aromatic rings. The van der Waals surface area contributed by atoms with Crippen molar-refractivity contribution in [2.24, 2.45) is 0 Å². The van der Waals surface area contributed by atoms with E-state index in [1.165, 1.54) is 12.1 Å². The fraction of sp³-hybridized carbons (Fsp3) is 0.259. The average molecular weight is 524 g/mol. The number of aromatic carboxylic acids is 2. The lowest BCUT2D eigenvalue weighted by atomic mass is 10.1. The monoisotopic (exact) mass is 524 g/mol. The Morgan fingerprint density at radius 1 is 0.763 bits per heavy atom. The van der Waals surface area contributed by atoms with E-state index in [1.54, 1.807) is 12.1 Å². The largest absolute Gasteiger partial charge is 0.490 e. The van der Waals surface area contributed by atoms with Gasteiger partial charge in [0.2, 0.25) is 11.5 Å². The van der Waals surface area contributed by atoms with E-state index in [0.717, 1.165) is 12.1 Å². The van der Waals surface area contributed by atoms with Crippen molar-refractivity contribution in [1.29, 1.82) is 0 Å². The lowest BCUT2D eigenvalue weighted by Gasteiger charge is -2.16. The van der Waals surface area contributed by atoms with Crippen LogP contribution in [0.2, 0.25) is 0 Å². The maximum Gasteiger partial charge on any atom is 0.371 e. The molecule has 0 unspecified atom stereocenters. The third-order valence-corrected chi connectivity index (χ3v) is 5.89. The zero-order valence-electron chi connectivity index (χ0n) is 20.5. The van der Waals surface area contributed by atoms with Crippen LogP contribution in [0.15, 0.2) is 54.8 Å². The van der Waals surface area contributed by atoms with Crippen LogP contribution in [0.3, 0.4) is 0 Å². The molecule has 198 valence electrons. The number of fused-ring (bicyclic) bond motifs is 2. The molecule has 11 heteroatoms. The standard InChI is InChI=1S/C27H24O11/c1-3-13-5-7-18(22-16(29)9-20(26(31)32)37-24(13)22)35-11-15(28)12-36-19-8-6-14(4-2)25-23(19)17(30)10-21(38-25)27(33)34/h5-10,15,28H,3-4,11-12H2,1-2H3,(H,31,32)(H,33,34). The molecule has 0 atom stereocenters. The Morgan fingerprint density at radius 3 is 1.50 bits per heavy atom. The minimum atomic E-state index is -1.38. The Balaban J connectivity index is 1.56. The van der Waals surface area contributed by atoms with Gasteiger partial charge in [0.05, 0.1) is 0 Å². The first-order chi connectivity index (χ1) is 18.1. The maximum absolute atomic E-state index is 12.7. The van der Waals surface area contributed by atoms with Crippen molar-refractivity contribution in [2.45, 2.75) is 32.8 Å². The first-order valence-electron chi connectivity index (χ1n) is 11.7. The van der Waals surface area contributed by atoms with Crippen molar-refractivity contribution in [3.05, 3.63) is 79.5 Å². The number of aryl methyl sites for hydroxylation is 2. The molecule has 2 heterocycles. The van der Waals surface area contributed by atoms with Gasteiger partial charge >= 0.3 is 11.9 Å². The lowest BCUT2D eigenvalue weighted by Crippen LogP contribution is -2.25. The van der Waals surface area contributed by atoms with Crippen LogP contribution in [0.5, 0.6) is 11.5 Å². The quantitative estimate of drug-likeness (QED) is 0.278. The summed E-state index contributed by atoms with van der Waals surface area (Å²) in [5.41, 5.74) is 0.211. The Hall–Kier alpha value is -4.64. The summed E-state index contributed by atoms with van der Waals surface area (Å²) in [6, 6.07) is 8.08. The average Bonchev–Trinajstić information content (AvgIpc) is 2.89. The van der Waals surface area contributed by atoms with Gasteiger partial charge in [-0.2, -0.15) is 0 Å². The zero-order chi connectivity index (χ0) is 27.6. The predicted octanol–water partition coefficient (Wildman–Crippen LogP) is 3.24. The van der Waals surface area contributed by atoms with E-state index in [4.69, 9.17) is 18.3 Å². The van der Waals surface area contributed by atoms with Gasteiger partial charge in [0.1, 0.15) is 52.8 Å². The third kappa shape index (κ3) is 5.09. The number of carboxylic acids is 2. The SMILES string of the molecule is CCc1ccc(OCC(O)COc2ccc(CC)c3oc(C(=O)O)cc(=O)c23)c2c(=O)cc(C(=O)O)oc12. The van der Waals surface area contributed by atoms with Crippen LogP contribution < -0.4 is 20.3 Å². The number of ether oxygens (including phenoxy) is 2. The molecule has 0 aliphatic rings. The van der Waals surface area contributed by atoms with Gasteiger partial charge in [-0.15, -0.1) is 0 Å². The van der Waals surface area contributed by atoms with Gasteiger partial charge in [-0.05, 0) is 36.1 Å². The molecule has 0 bridgehead atoms. The van der Waals surface area contributed by atoms with Crippen molar-refractivity contribution in [3.8, 4) is 11.5 Å². The Morgan fingerprint density at radius 2 is 1.16 bits per heavy atom. The highest BCUT2D eigenvalue weighted by Gasteiger charge is 2.20. The molecule has 0 spiro atoms. The molecular weight excluding hydrogens is 500 g/mol. The predicted molar refractivity (Wildman–Crippen MR) is 135 cm³/mol. The zero-order valence-corrected chi connectivity index (χ0v) is 20.5. The number of carbonyl (C=O) groups is 2. The molecule has 0 radical (unpaired) electrons. The molecule has 0 aliphatic carbocycles. The Labute approximate surface area is 214 Å². The van der Waals surface area contributed by atoms with Crippen LogP contribution in [0.25, 0.3) is 21.9 Å². The van der Waals surface area contributed by atoms with Gasteiger partial charge in [-0.3, -0.25) is 9.59 Å². The molecule has 0 fully saturated rings. The van der Waals surface area contributed by atoms with Crippen LogP contribution in [-0.4, -0.2) is 46.6 Å². The summed E-state index contributed by atoms with van der Waals surface area (Å²) >= 11 is 0. The van der Waals surface area contributed by atoms with Crippen LogP contribution in [0.1, 0.15) is 46.1 Å². The maximum atomic E-state index is 12.7. The number of rotatable bonds is 10. The van der Waals surface area contributed by atoms with Crippen LogP contribution in [0, 0.1) is 0 Å². The molecule has 0 aliphatic heterocycles. The Kier molecular flexibility index (Phi) is 7.49. The van der Waals surface area contributed by atoms with Crippen molar-refractivity contribution < 1.29 is 43.2 Å². The van der Waals surface area contributed by atoms with E-state index in [0.29, 0.717) is 24.0 Å². The van der Waals surface area contributed by atoms with Gasteiger partial charge in [0, 0.05) is 12.1 Å². The summed E-state index contributed by atoms with van der Waals surface area (Å²) in [5.74, 6) is -3.55. The molecule has 0 saturated carbocycles. The topological polar surface area (TPSA) is 174 Å². The number of carboxylic acid groups (broad SMARTS) is 2. The second-order valence-electron chi connectivity index (χ2n) is 8.40. The van der Waals surface area contributed by atoms with Gasteiger partial charge in [-0.25, -0.2) is 9.59 Å². The van der Waals surface area contributed by atoms with Gasteiger partial charge in [-0.1, -0.05) is 26.0 Å². The Bertz CT molecular complexity index is 1540. The highest BCUT2D eigenvalue weighted by Crippen LogP contribution is 2.29. The second-order valence-corrected chi connectivity index (χ2v) is 8.40. The first kappa shape index (κ1) is 26.4. The molecule has 0 saturated heterocycles. The van der Waals surface area contributed by atoms with Crippen molar-refractivity contribution >= 4 is 33.9 Å². The summed E-state index contributed by atoms with van der Waals surface area (Å²) in [5, 5.41) is 29.0. The van der Waals surface area contributed by atoms with Crippen molar-refractivity contribution in [1.82, 2.24) is 0 Å². The number of aliphatic hydroxyl groups excluding tert-OH is 1. The highest BCUT2D eigenvalue weighted by molar-refractivity contribution is 5.92. The van der Waals surface area contributed by atoms with E-state index in [9.17, 15) is 34.5 Å². The van der Waals surface area contributed by atoms with Crippen LogP contribution in [0.4, 0.5) is 0 Å².